The highest BCUT2D eigenvalue weighted by molar-refractivity contribution is 9.10. The number of nitrogens with two attached hydrogens (primary N) is 1. The summed E-state index contributed by atoms with van der Waals surface area (Å²) >= 11 is 3.41. The predicted molar refractivity (Wildman–Crippen MR) is 91.9 cm³/mol. The van der Waals surface area contributed by atoms with E-state index in [-0.39, 0.29) is 6.61 Å². The smallest absolute Gasteiger partial charge is 0.255 e. The molecule has 0 heterocycles. The predicted octanol–water partition coefficient (Wildman–Crippen LogP) is 2.14. The average molecular weight is 379 g/mol. The molecule has 1 atom stereocenters. The molecule has 2 rings (SSSR count). The molecule has 23 heavy (non-hydrogen) atoms. The third kappa shape index (κ3) is 5.67. The Bertz CT molecular complexity index is 650. The van der Waals surface area contributed by atoms with Crippen molar-refractivity contribution in [1.29, 1.82) is 0 Å². The molecule has 0 radical (unpaired) electrons. The molecule has 0 saturated carbocycles. The van der Waals surface area contributed by atoms with Crippen molar-refractivity contribution < 1.29 is 14.6 Å². The molecule has 0 bridgehead atoms. The molecule has 122 valence electrons. The number of rotatable bonds is 8. The van der Waals surface area contributed by atoms with E-state index >= 15 is 0 Å². The molecule has 0 aliphatic heterocycles. The molecule has 0 saturated heterocycles. The molecule has 0 unspecified atom stereocenters. The Morgan fingerprint density at radius 2 is 2.00 bits per heavy atom. The van der Waals surface area contributed by atoms with Gasteiger partial charge in [0, 0.05) is 23.1 Å². The van der Waals surface area contributed by atoms with Crippen LogP contribution in [0, 0.1) is 0 Å². The summed E-state index contributed by atoms with van der Waals surface area (Å²) in [6.07, 6.45) is -0.585. The third-order valence-corrected chi connectivity index (χ3v) is 3.72. The molecule has 5 nitrogen and oxygen atoms in total. The van der Waals surface area contributed by atoms with E-state index in [1.54, 1.807) is 6.07 Å². The Morgan fingerprint density at radius 1 is 1.26 bits per heavy atom. The van der Waals surface area contributed by atoms with E-state index in [1.165, 1.54) is 0 Å². The fourth-order valence-electron chi connectivity index (χ4n) is 2.11. The molecular weight excluding hydrogens is 360 g/mol. The van der Waals surface area contributed by atoms with Gasteiger partial charge in [-0.05, 0) is 23.8 Å². The van der Waals surface area contributed by atoms with Gasteiger partial charge in [0.05, 0.1) is 6.10 Å². The van der Waals surface area contributed by atoms with Gasteiger partial charge >= 0.3 is 0 Å². The lowest BCUT2D eigenvalue weighted by atomic mass is 10.1. The topological polar surface area (TPSA) is 84.6 Å². The van der Waals surface area contributed by atoms with E-state index in [2.05, 4.69) is 21.2 Å². The van der Waals surface area contributed by atoms with Crippen LogP contribution in [0.4, 0.5) is 0 Å². The Hall–Kier alpha value is -1.89. The summed E-state index contributed by atoms with van der Waals surface area (Å²) in [7, 11) is 0. The van der Waals surface area contributed by atoms with Crippen molar-refractivity contribution in [3.63, 3.8) is 0 Å². The number of carbonyl (C=O) groups is 1. The van der Waals surface area contributed by atoms with E-state index in [1.807, 2.05) is 42.5 Å². The first-order valence-electron chi connectivity index (χ1n) is 7.19. The van der Waals surface area contributed by atoms with Crippen LogP contribution in [-0.4, -0.2) is 24.2 Å². The molecule has 0 spiro atoms. The van der Waals surface area contributed by atoms with Gasteiger partial charge in [0.25, 0.3) is 5.91 Å². The van der Waals surface area contributed by atoms with Crippen molar-refractivity contribution in [2.45, 2.75) is 12.6 Å². The average Bonchev–Trinajstić information content (AvgIpc) is 2.54. The molecule has 2 aromatic carbocycles. The van der Waals surface area contributed by atoms with Crippen molar-refractivity contribution in [3.8, 4) is 5.75 Å². The summed E-state index contributed by atoms with van der Waals surface area (Å²) in [5, 5.41) is 13.3. The van der Waals surface area contributed by atoms with Crippen molar-refractivity contribution in [2.24, 2.45) is 5.73 Å². The fourth-order valence-corrected chi connectivity index (χ4v) is 2.52. The SMILES string of the molecule is NC(=O)COc1ccc(Br)cc1CNC[C@@H](O)c1ccccc1. The zero-order valence-electron chi connectivity index (χ0n) is 12.5. The van der Waals surface area contributed by atoms with E-state index in [4.69, 9.17) is 10.5 Å². The van der Waals surface area contributed by atoms with Crippen LogP contribution in [-0.2, 0) is 11.3 Å². The lowest BCUT2D eigenvalue weighted by Gasteiger charge is -2.14. The van der Waals surface area contributed by atoms with Gasteiger partial charge in [-0.3, -0.25) is 4.79 Å². The lowest BCUT2D eigenvalue weighted by Crippen LogP contribution is -2.23. The first-order valence-corrected chi connectivity index (χ1v) is 7.99. The highest BCUT2D eigenvalue weighted by atomic mass is 79.9. The number of amides is 1. The Kier molecular flexibility index (Phi) is 6.58. The molecule has 0 aliphatic rings. The van der Waals surface area contributed by atoms with Crippen molar-refractivity contribution >= 4 is 21.8 Å². The number of primary amides is 1. The van der Waals surface area contributed by atoms with Crippen LogP contribution in [0.15, 0.2) is 53.0 Å². The zero-order chi connectivity index (χ0) is 16.7. The maximum Gasteiger partial charge on any atom is 0.255 e. The van der Waals surface area contributed by atoms with Gasteiger partial charge < -0.3 is 20.9 Å². The minimum Gasteiger partial charge on any atom is -0.483 e. The van der Waals surface area contributed by atoms with Crippen LogP contribution >= 0.6 is 15.9 Å². The second-order valence-corrected chi connectivity index (χ2v) is 5.98. The summed E-state index contributed by atoms with van der Waals surface area (Å²) < 4.78 is 6.30. The molecule has 0 aromatic heterocycles. The molecule has 6 heteroatoms. The van der Waals surface area contributed by atoms with Gasteiger partial charge in [-0.25, -0.2) is 0 Å². The van der Waals surface area contributed by atoms with Gasteiger partial charge in [-0.1, -0.05) is 46.3 Å². The molecule has 0 fully saturated rings. The van der Waals surface area contributed by atoms with Crippen LogP contribution in [0.2, 0.25) is 0 Å². The Labute approximate surface area is 143 Å². The van der Waals surface area contributed by atoms with Crippen LogP contribution in [0.1, 0.15) is 17.2 Å². The third-order valence-electron chi connectivity index (χ3n) is 3.23. The number of nitrogens with one attached hydrogen (secondary N) is 1. The van der Waals surface area contributed by atoms with Gasteiger partial charge in [0.1, 0.15) is 5.75 Å². The minimum atomic E-state index is -0.585. The van der Waals surface area contributed by atoms with Gasteiger partial charge in [-0.2, -0.15) is 0 Å². The van der Waals surface area contributed by atoms with Crippen LogP contribution in [0.5, 0.6) is 5.75 Å². The van der Waals surface area contributed by atoms with Gasteiger partial charge in [0.15, 0.2) is 6.61 Å². The minimum absolute atomic E-state index is 0.165. The summed E-state index contributed by atoms with van der Waals surface area (Å²) in [6, 6.07) is 15.0. The largest absolute Gasteiger partial charge is 0.483 e. The first-order chi connectivity index (χ1) is 11.1. The Morgan fingerprint density at radius 3 is 2.70 bits per heavy atom. The van der Waals surface area contributed by atoms with E-state index in [9.17, 15) is 9.90 Å². The van der Waals surface area contributed by atoms with Crippen molar-refractivity contribution in [1.82, 2.24) is 5.32 Å². The number of halogens is 1. The highest BCUT2D eigenvalue weighted by Gasteiger charge is 2.09. The molecule has 1 amide bonds. The normalized spacial score (nSPS) is 11.9. The molecule has 4 N–H and O–H groups in total. The highest BCUT2D eigenvalue weighted by Crippen LogP contribution is 2.23. The second kappa shape index (κ2) is 8.67. The van der Waals surface area contributed by atoms with Crippen molar-refractivity contribution in [3.05, 3.63) is 64.1 Å². The number of hydrogen-bond acceptors (Lipinski definition) is 4. The second-order valence-electron chi connectivity index (χ2n) is 5.06. The number of aliphatic hydroxyl groups excluding tert-OH is 1. The number of carbonyl (C=O) groups excluding carboxylic acids is 1. The quantitative estimate of drug-likeness (QED) is 0.656. The van der Waals surface area contributed by atoms with E-state index in [0.29, 0.717) is 18.8 Å². The van der Waals surface area contributed by atoms with Crippen LogP contribution < -0.4 is 15.8 Å². The van der Waals surface area contributed by atoms with Crippen LogP contribution in [0.25, 0.3) is 0 Å². The summed E-state index contributed by atoms with van der Waals surface area (Å²) in [5.41, 5.74) is 6.84. The summed E-state index contributed by atoms with van der Waals surface area (Å²) in [6.45, 7) is 0.741. The Balaban J connectivity index is 1.94. The maximum atomic E-state index is 10.9. The number of benzene rings is 2. The van der Waals surface area contributed by atoms with E-state index < -0.39 is 12.0 Å². The monoisotopic (exact) mass is 378 g/mol. The summed E-state index contributed by atoms with van der Waals surface area (Å²) in [4.78, 5) is 10.9. The first kappa shape index (κ1) is 17.5. The standard InChI is InChI=1S/C17H19BrN2O3/c18-14-6-7-16(23-11-17(19)22)13(8-14)9-20-10-15(21)12-4-2-1-3-5-12/h1-8,15,20-21H,9-11H2,(H2,19,22)/t15-/m1/s1. The maximum absolute atomic E-state index is 10.9. The van der Waals surface area contributed by atoms with Crippen molar-refractivity contribution in [2.75, 3.05) is 13.2 Å². The van der Waals surface area contributed by atoms with E-state index in [0.717, 1.165) is 15.6 Å². The lowest BCUT2D eigenvalue weighted by molar-refractivity contribution is -0.119. The summed E-state index contributed by atoms with van der Waals surface area (Å²) in [5.74, 6) is 0.0695. The van der Waals surface area contributed by atoms with Gasteiger partial charge in [-0.15, -0.1) is 0 Å². The number of hydrogen-bond donors (Lipinski definition) is 3. The number of aliphatic hydroxyl groups is 1. The molecular formula is C17H19BrN2O3. The number of ether oxygens (including phenoxy) is 1. The fraction of sp³-hybridized carbons (Fsp3) is 0.235. The molecule has 0 aliphatic carbocycles. The zero-order valence-corrected chi connectivity index (χ0v) is 14.1. The van der Waals surface area contributed by atoms with Gasteiger partial charge in [0.2, 0.25) is 0 Å². The van der Waals surface area contributed by atoms with Crippen LogP contribution in [0.3, 0.4) is 0 Å². The molecule has 2 aromatic rings.